The van der Waals surface area contributed by atoms with E-state index in [0.717, 1.165) is 19.3 Å². The standard InChI is InChI=1S/C12H19NO2/c1-7(2)13-11(14)9-5-4-8(3)6-10(9)12(13)15/h7-10H,4-6H2,1-3H3/t8-,9+,10-/m1/s1. The molecular formula is C12H19NO2. The lowest BCUT2D eigenvalue weighted by Crippen LogP contribution is -2.37. The van der Waals surface area contributed by atoms with Gasteiger partial charge < -0.3 is 0 Å². The van der Waals surface area contributed by atoms with Crippen LogP contribution in [0.2, 0.25) is 0 Å². The summed E-state index contributed by atoms with van der Waals surface area (Å²) in [5, 5.41) is 0. The summed E-state index contributed by atoms with van der Waals surface area (Å²) < 4.78 is 0. The third-order valence-electron chi connectivity index (χ3n) is 3.74. The fraction of sp³-hybridized carbons (Fsp3) is 0.833. The topological polar surface area (TPSA) is 37.4 Å². The summed E-state index contributed by atoms with van der Waals surface area (Å²) in [5.74, 6) is 0.730. The highest BCUT2D eigenvalue weighted by molar-refractivity contribution is 6.05. The summed E-state index contributed by atoms with van der Waals surface area (Å²) >= 11 is 0. The van der Waals surface area contributed by atoms with Crippen molar-refractivity contribution in [1.29, 1.82) is 0 Å². The van der Waals surface area contributed by atoms with Crippen molar-refractivity contribution in [2.45, 2.75) is 46.1 Å². The molecule has 1 heterocycles. The first-order valence-electron chi connectivity index (χ1n) is 5.89. The number of fused-ring (bicyclic) bond motifs is 1. The minimum Gasteiger partial charge on any atom is -0.280 e. The van der Waals surface area contributed by atoms with Crippen molar-refractivity contribution in [1.82, 2.24) is 4.90 Å². The van der Waals surface area contributed by atoms with Gasteiger partial charge in [0.15, 0.2) is 0 Å². The van der Waals surface area contributed by atoms with Crippen LogP contribution in [-0.2, 0) is 9.59 Å². The van der Waals surface area contributed by atoms with E-state index in [2.05, 4.69) is 6.92 Å². The minimum absolute atomic E-state index is 0.00361. The predicted octanol–water partition coefficient (Wildman–Crippen LogP) is 1.82. The monoisotopic (exact) mass is 209 g/mol. The maximum atomic E-state index is 12.0. The maximum Gasteiger partial charge on any atom is 0.233 e. The lowest BCUT2D eigenvalue weighted by molar-refractivity contribution is -0.141. The second-order valence-electron chi connectivity index (χ2n) is 5.27. The molecule has 0 N–H and O–H groups in total. The Morgan fingerprint density at radius 3 is 2.33 bits per heavy atom. The Morgan fingerprint density at radius 1 is 1.13 bits per heavy atom. The molecule has 0 unspecified atom stereocenters. The Bertz CT molecular complexity index is 298. The van der Waals surface area contributed by atoms with Crippen LogP contribution in [0.3, 0.4) is 0 Å². The molecule has 1 saturated carbocycles. The van der Waals surface area contributed by atoms with Crippen LogP contribution in [-0.4, -0.2) is 22.8 Å². The van der Waals surface area contributed by atoms with Gasteiger partial charge in [0.2, 0.25) is 11.8 Å². The molecule has 2 rings (SSSR count). The van der Waals surface area contributed by atoms with Crippen molar-refractivity contribution in [3.63, 3.8) is 0 Å². The first-order chi connectivity index (χ1) is 7.02. The molecular weight excluding hydrogens is 190 g/mol. The Morgan fingerprint density at radius 2 is 1.73 bits per heavy atom. The summed E-state index contributed by atoms with van der Waals surface area (Å²) in [4.78, 5) is 25.5. The number of nitrogens with zero attached hydrogens (tertiary/aromatic N) is 1. The van der Waals surface area contributed by atoms with Crippen molar-refractivity contribution >= 4 is 11.8 Å². The van der Waals surface area contributed by atoms with Crippen molar-refractivity contribution in [2.24, 2.45) is 17.8 Å². The van der Waals surface area contributed by atoms with Crippen LogP contribution < -0.4 is 0 Å². The Hall–Kier alpha value is -0.860. The quantitative estimate of drug-likeness (QED) is 0.618. The molecule has 0 bridgehead atoms. The van der Waals surface area contributed by atoms with E-state index in [1.54, 1.807) is 0 Å². The molecule has 84 valence electrons. The predicted molar refractivity (Wildman–Crippen MR) is 57.0 cm³/mol. The van der Waals surface area contributed by atoms with E-state index in [4.69, 9.17) is 0 Å². The largest absolute Gasteiger partial charge is 0.280 e. The molecule has 2 fully saturated rings. The molecule has 3 nitrogen and oxygen atoms in total. The molecule has 0 radical (unpaired) electrons. The molecule has 1 aliphatic carbocycles. The zero-order valence-electron chi connectivity index (χ0n) is 9.69. The molecule has 15 heavy (non-hydrogen) atoms. The molecule has 2 aliphatic rings. The summed E-state index contributed by atoms with van der Waals surface area (Å²) in [6, 6.07) is 0.0194. The maximum absolute atomic E-state index is 12.0. The van der Waals surface area contributed by atoms with Gasteiger partial charge in [-0.25, -0.2) is 0 Å². The van der Waals surface area contributed by atoms with E-state index in [0.29, 0.717) is 5.92 Å². The molecule has 2 amide bonds. The number of rotatable bonds is 1. The zero-order chi connectivity index (χ0) is 11.2. The molecule has 1 aliphatic heterocycles. The van der Waals surface area contributed by atoms with E-state index >= 15 is 0 Å². The highest BCUT2D eigenvalue weighted by Gasteiger charge is 2.49. The molecule has 0 aromatic heterocycles. The van der Waals surface area contributed by atoms with Gasteiger partial charge in [0.25, 0.3) is 0 Å². The van der Waals surface area contributed by atoms with Crippen LogP contribution in [0.5, 0.6) is 0 Å². The van der Waals surface area contributed by atoms with Crippen molar-refractivity contribution in [3.8, 4) is 0 Å². The number of likely N-dealkylation sites (tertiary alicyclic amines) is 1. The summed E-state index contributed by atoms with van der Waals surface area (Å²) in [6.07, 6.45) is 2.89. The fourth-order valence-corrected chi connectivity index (χ4v) is 2.92. The SMILES string of the molecule is CC(C)N1C(=O)[C@H]2CC[C@@H](C)C[C@H]2C1=O. The molecule has 0 spiro atoms. The molecule has 3 atom stereocenters. The van der Waals surface area contributed by atoms with Gasteiger partial charge in [-0.05, 0) is 39.0 Å². The van der Waals surface area contributed by atoms with E-state index in [-0.39, 0.29) is 29.7 Å². The third kappa shape index (κ3) is 1.58. The number of hydrogen-bond acceptors (Lipinski definition) is 2. The first kappa shape index (κ1) is 10.7. The second-order valence-corrected chi connectivity index (χ2v) is 5.27. The minimum atomic E-state index is -0.0105. The molecule has 0 aromatic carbocycles. The Balaban J connectivity index is 2.23. The van der Waals surface area contributed by atoms with Crippen molar-refractivity contribution in [2.75, 3.05) is 0 Å². The lowest BCUT2D eigenvalue weighted by atomic mass is 9.76. The van der Waals surface area contributed by atoms with Crippen LogP contribution in [0.25, 0.3) is 0 Å². The second kappa shape index (κ2) is 3.62. The van der Waals surface area contributed by atoms with E-state index in [9.17, 15) is 9.59 Å². The summed E-state index contributed by atoms with van der Waals surface area (Å²) in [5.41, 5.74) is 0. The Kier molecular flexibility index (Phi) is 2.57. The highest BCUT2D eigenvalue weighted by atomic mass is 16.2. The molecule has 0 aromatic rings. The van der Waals surface area contributed by atoms with Gasteiger partial charge in [0, 0.05) is 6.04 Å². The van der Waals surface area contributed by atoms with E-state index < -0.39 is 0 Å². The van der Waals surface area contributed by atoms with E-state index in [1.807, 2.05) is 13.8 Å². The van der Waals surface area contributed by atoms with Gasteiger partial charge in [-0.15, -0.1) is 0 Å². The van der Waals surface area contributed by atoms with Crippen LogP contribution >= 0.6 is 0 Å². The van der Waals surface area contributed by atoms with Crippen LogP contribution in [0.4, 0.5) is 0 Å². The van der Waals surface area contributed by atoms with Gasteiger partial charge in [0.05, 0.1) is 11.8 Å². The van der Waals surface area contributed by atoms with Crippen molar-refractivity contribution < 1.29 is 9.59 Å². The van der Waals surface area contributed by atoms with Gasteiger partial charge in [0.1, 0.15) is 0 Å². The van der Waals surface area contributed by atoms with Gasteiger partial charge in [-0.1, -0.05) is 6.92 Å². The Labute approximate surface area is 90.8 Å². The smallest absolute Gasteiger partial charge is 0.233 e. The average molecular weight is 209 g/mol. The third-order valence-corrected chi connectivity index (χ3v) is 3.74. The number of carbonyl (C=O) groups is 2. The normalized spacial score (nSPS) is 36.3. The van der Waals surface area contributed by atoms with Crippen LogP contribution in [0.1, 0.15) is 40.0 Å². The number of amides is 2. The fourth-order valence-electron chi connectivity index (χ4n) is 2.92. The van der Waals surface area contributed by atoms with Crippen LogP contribution in [0, 0.1) is 17.8 Å². The highest BCUT2D eigenvalue weighted by Crippen LogP contribution is 2.40. The van der Waals surface area contributed by atoms with Gasteiger partial charge >= 0.3 is 0 Å². The first-order valence-corrected chi connectivity index (χ1v) is 5.89. The molecule has 3 heteroatoms. The summed E-state index contributed by atoms with van der Waals surface area (Å²) in [7, 11) is 0. The number of hydrogen-bond donors (Lipinski definition) is 0. The summed E-state index contributed by atoms with van der Waals surface area (Å²) in [6.45, 7) is 6.00. The number of carbonyl (C=O) groups excluding carboxylic acids is 2. The van der Waals surface area contributed by atoms with E-state index in [1.165, 1.54) is 4.90 Å². The average Bonchev–Trinajstić information content (AvgIpc) is 2.39. The van der Waals surface area contributed by atoms with Gasteiger partial charge in [-0.2, -0.15) is 0 Å². The number of imide groups is 1. The zero-order valence-corrected chi connectivity index (χ0v) is 9.69. The molecule has 1 saturated heterocycles. The lowest BCUT2D eigenvalue weighted by Gasteiger charge is -2.25. The van der Waals surface area contributed by atoms with Crippen LogP contribution in [0.15, 0.2) is 0 Å². The van der Waals surface area contributed by atoms with Gasteiger partial charge in [-0.3, -0.25) is 14.5 Å². The van der Waals surface area contributed by atoms with Crippen molar-refractivity contribution in [3.05, 3.63) is 0 Å².